The molecular weight excluding hydrogens is 438 g/mol. The predicted octanol–water partition coefficient (Wildman–Crippen LogP) is 5.54. The highest BCUT2D eigenvalue weighted by Gasteiger charge is 2.26. The Kier molecular flexibility index (Phi) is 9.12. The third-order valence-corrected chi connectivity index (χ3v) is 6.35. The maximum absolute atomic E-state index is 10.7. The number of aliphatic hydroxyl groups excluding tert-OH is 1. The number of nitrogens with zero attached hydrogens (tertiary/aromatic N) is 3. The lowest BCUT2D eigenvalue weighted by Gasteiger charge is -2.27. The van der Waals surface area contributed by atoms with E-state index in [1.165, 1.54) is 0 Å². The number of ether oxygens (including phenoxy) is 2. The van der Waals surface area contributed by atoms with E-state index in [2.05, 4.69) is 18.4 Å². The van der Waals surface area contributed by atoms with Gasteiger partial charge in [0.05, 0.1) is 29.2 Å². The van der Waals surface area contributed by atoms with Gasteiger partial charge in [0.2, 0.25) is 5.88 Å². The van der Waals surface area contributed by atoms with Gasteiger partial charge in [-0.05, 0) is 56.4 Å². The Morgan fingerprint density at radius 3 is 2.60 bits per heavy atom. The molecule has 1 aromatic heterocycles. The number of aryl methyl sites for hydroxylation is 1. The first-order valence-corrected chi connectivity index (χ1v) is 12.7. The average molecular weight is 476 g/mol. The summed E-state index contributed by atoms with van der Waals surface area (Å²) in [7, 11) is 0. The molecule has 6 heteroatoms. The number of allylic oxidation sites excluding steroid dienone is 1. The minimum atomic E-state index is -0.429. The molecule has 2 aromatic carbocycles. The Bertz CT molecular complexity index is 1050. The lowest BCUT2D eigenvalue weighted by atomic mass is 10.1. The van der Waals surface area contributed by atoms with Gasteiger partial charge in [-0.2, -0.15) is 5.10 Å². The Morgan fingerprint density at radius 1 is 1.20 bits per heavy atom. The normalized spacial score (nSPS) is 16.5. The highest BCUT2D eigenvalue weighted by atomic mass is 16.5. The van der Waals surface area contributed by atoms with Crippen LogP contribution in [0.25, 0.3) is 5.69 Å². The van der Waals surface area contributed by atoms with Crippen molar-refractivity contribution in [3.63, 3.8) is 0 Å². The number of aliphatic hydroxyl groups is 1. The van der Waals surface area contributed by atoms with Crippen molar-refractivity contribution in [1.29, 1.82) is 0 Å². The van der Waals surface area contributed by atoms with Crippen LogP contribution in [0.4, 0.5) is 0 Å². The molecule has 0 spiro atoms. The fourth-order valence-electron chi connectivity index (χ4n) is 4.57. The van der Waals surface area contributed by atoms with Gasteiger partial charge in [-0.15, -0.1) is 6.58 Å². The second-order valence-corrected chi connectivity index (χ2v) is 9.10. The van der Waals surface area contributed by atoms with Crippen molar-refractivity contribution < 1.29 is 14.6 Å². The highest BCUT2D eigenvalue weighted by Crippen LogP contribution is 2.32. The summed E-state index contributed by atoms with van der Waals surface area (Å²) in [6.07, 6.45) is 6.04. The molecular formula is C29H37N3O3. The van der Waals surface area contributed by atoms with Crippen molar-refractivity contribution in [2.45, 2.75) is 57.8 Å². The predicted molar refractivity (Wildman–Crippen MR) is 139 cm³/mol. The molecule has 2 heterocycles. The van der Waals surface area contributed by atoms with Crippen molar-refractivity contribution >= 4 is 0 Å². The van der Waals surface area contributed by atoms with Crippen LogP contribution in [0.1, 0.15) is 43.9 Å². The molecule has 2 atom stereocenters. The average Bonchev–Trinajstić information content (AvgIpc) is 3.52. The fourth-order valence-corrected chi connectivity index (χ4v) is 4.57. The van der Waals surface area contributed by atoms with Gasteiger partial charge >= 0.3 is 0 Å². The minimum absolute atomic E-state index is 0.189. The summed E-state index contributed by atoms with van der Waals surface area (Å²) in [5.41, 5.74) is 3.00. The summed E-state index contributed by atoms with van der Waals surface area (Å²) in [6, 6.07) is 19.9. The second kappa shape index (κ2) is 12.7. The van der Waals surface area contributed by atoms with E-state index in [0.29, 0.717) is 19.5 Å². The molecule has 0 saturated carbocycles. The molecule has 35 heavy (non-hydrogen) atoms. The quantitative estimate of drug-likeness (QED) is 0.329. The first-order valence-electron chi connectivity index (χ1n) is 12.7. The van der Waals surface area contributed by atoms with E-state index in [0.717, 1.165) is 67.4 Å². The molecule has 1 saturated heterocycles. The van der Waals surface area contributed by atoms with Gasteiger partial charge in [0.15, 0.2) is 0 Å². The van der Waals surface area contributed by atoms with Gasteiger partial charge in [-0.25, -0.2) is 4.68 Å². The molecule has 186 valence electrons. The molecule has 1 fully saturated rings. The smallest absolute Gasteiger partial charge is 0.227 e. The van der Waals surface area contributed by atoms with Crippen molar-refractivity contribution in [3.8, 4) is 17.3 Å². The van der Waals surface area contributed by atoms with E-state index < -0.39 is 6.10 Å². The fraction of sp³-hybridized carbons (Fsp3) is 0.414. The lowest BCUT2D eigenvalue weighted by Crippen LogP contribution is -2.37. The Balaban J connectivity index is 1.68. The molecule has 6 nitrogen and oxygen atoms in total. The minimum Gasteiger partial charge on any atom is -0.439 e. The topological polar surface area (TPSA) is 59.8 Å². The van der Waals surface area contributed by atoms with Crippen molar-refractivity contribution in [2.24, 2.45) is 0 Å². The van der Waals surface area contributed by atoms with E-state index in [1.807, 2.05) is 71.4 Å². The number of hydrogen-bond donors (Lipinski definition) is 1. The molecule has 0 bridgehead atoms. The SMILES string of the molecule is C=CCC[C@@H](O)CN(Cc1c(CC)nn(-c2ccccc2)c1Oc1ccccc1)C[C@@H]1CCCO1. The van der Waals surface area contributed by atoms with E-state index in [4.69, 9.17) is 14.6 Å². The van der Waals surface area contributed by atoms with Crippen LogP contribution < -0.4 is 4.74 Å². The number of rotatable bonds is 13. The molecule has 4 rings (SSSR count). The first kappa shape index (κ1) is 25.2. The van der Waals surface area contributed by atoms with Gasteiger partial charge < -0.3 is 14.6 Å². The van der Waals surface area contributed by atoms with Crippen LogP contribution in [0.5, 0.6) is 11.6 Å². The van der Waals surface area contributed by atoms with Gasteiger partial charge in [0, 0.05) is 26.2 Å². The zero-order valence-electron chi connectivity index (χ0n) is 20.7. The molecule has 3 aromatic rings. The Morgan fingerprint density at radius 2 is 1.94 bits per heavy atom. The van der Waals surface area contributed by atoms with Gasteiger partial charge in [-0.3, -0.25) is 4.90 Å². The Hall–Kier alpha value is -2.93. The van der Waals surface area contributed by atoms with E-state index in [1.54, 1.807) is 0 Å². The van der Waals surface area contributed by atoms with Crippen LogP contribution in [0.15, 0.2) is 73.3 Å². The third-order valence-electron chi connectivity index (χ3n) is 6.35. The summed E-state index contributed by atoms with van der Waals surface area (Å²) in [5, 5.41) is 15.7. The first-order chi connectivity index (χ1) is 17.2. The van der Waals surface area contributed by atoms with Crippen LogP contribution in [-0.2, 0) is 17.7 Å². The largest absolute Gasteiger partial charge is 0.439 e. The maximum Gasteiger partial charge on any atom is 0.227 e. The number of para-hydroxylation sites is 2. The van der Waals surface area contributed by atoms with Crippen LogP contribution >= 0.6 is 0 Å². The van der Waals surface area contributed by atoms with E-state index >= 15 is 0 Å². The highest BCUT2D eigenvalue weighted by molar-refractivity contribution is 5.43. The summed E-state index contributed by atoms with van der Waals surface area (Å²) in [6.45, 7) is 8.70. The van der Waals surface area contributed by atoms with Crippen molar-refractivity contribution in [1.82, 2.24) is 14.7 Å². The second-order valence-electron chi connectivity index (χ2n) is 9.10. The summed E-state index contributed by atoms with van der Waals surface area (Å²) in [4.78, 5) is 2.30. The summed E-state index contributed by atoms with van der Waals surface area (Å²) >= 11 is 0. The molecule has 0 amide bonds. The zero-order valence-corrected chi connectivity index (χ0v) is 20.7. The molecule has 0 radical (unpaired) electrons. The molecule has 1 N–H and O–H groups in total. The van der Waals surface area contributed by atoms with Gasteiger partial charge in [0.1, 0.15) is 5.75 Å². The van der Waals surface area contributed by atoms with Crippen LogP contribution in [0, 0.1) is 0 Å². The van der Waals surface area contributed by atoms with E-state index in [-0.39, 0.29) is 6.10 Å². The van der Waals surface area contributed by atoms with E-state index in [9.17, 15) is 5.11 Å². The van der Waals surface area contributed by atoms with Crippen molar-refractivity contribution in [3.05, 3.63) is 84.6 Å². The van der Waals surface area contributed by atoms with Crippen molar-refractivity contribution in [2.75, 3.05) is 19.7 Å². The van der Waals surface area contributed by atoms with Gasteiger partial charge in [0.25, 0.3) is 0 Å². The van der Waals surface area contributed by atoms with Gasteiger partial charge in [-0.1, -0.05) is 49.4 Å². The molecule has 0 aliphatic carbocycles. The zero-order chi connectivity index (χ0) is 24.5. The monoisotopic (exact) mass is 475 g/mol. The third kappa shape index (κ3) is 6.82. The summed E-state index contributed by atoms with van der Waals surface area (Å²) in [5.74, 6) is 1.49. The Labute approximate surface area is 208 Å². The maximum atomic E-state index is 10.7. The molecule has 1 aliphatic heterocycles. The molecule has 0 unspecified atom stereocenters. The van der Waals surface area contributed by atoms with Crippen LogP contribution in [0.3, 0.4) is 0 Å². The number of hydrogen-bond acceptors (Lipinski definition) is 5. The molecule has 1 aliphatic rings. The summed E-state index contributed by atoms with van der Waals surface area (Å²) < 4.78 is 14.3. The number of benzene rings is 2. The van der Waals surface area contributed by atoms with Crippen LogP contribution in [0.2, 0.25) is 0 Å². The lowest BCUT2D eigenvalue weighted by molar-refractivity contribution is 0.0441. The van der Waals surface area contributed by atoms with Crippen LogP contribution in [-0.4, -0.2) is 51.7 Å². The number of aromatic nitrogens is 2. The standard InChI is InChI=1S/C29H37N3O3/c1-3-5-15-24(33)20-31(21-26-18-12-19-34-26)22-27-28(4-2)30-32(23-13-8-6-9-14-23)29(27)35-25-16-10-7-11-17-25/h3,6-11,13-14,16-17,24,26,33H,1,4-5,12,15,18-22H2,2H3/t24-,26+/m1/s1.